The van der Waals surface area contributed by atoms with E-state index in [0.717, 1.165) is 11.1 Å². The van der Waals surface area contributed by atoms with Crippen molar-refractivity contribution in [3.05, 3.63) is 70.8 Å². The Kier molecular flexibility index (Phi) is 4.37. The molecule has 2 aromatic carbocycles. The van der Waals surface area contributed by atoms with Gasteiger partial charge in [0, 0.05) is 19.1 Å². The molecule has 2 atom stereocenters. The van der Waals surface area contributed by atoms with Crippen LogP contribution in [0.1, 0.15) is 29.2 Å². The predicted octanol–water partition coefficient (Wildman–Crippen LogP) is 3.14. The number of nitrogens with zero attached hydrogens (tertiary/aromatic N) is 2. The van der Waals surface area contributed by atoms with Crippen molar-refractivity contribution in [3.8, 4) is 6.07 Å². The van der Waals surface area contributed by atoms with Gasteiger partial charge in [0.05, 0.1) is 11.7 Å². The molecule has 2 aromatic rings. The van der Waals surface area contributed by atoms with Gasteiger partial charge in [-0.05, 0) is 41.8 Å². The molecule has 1 N–H and O–H groups in total. The molecular formula is C18H16F2N2O. The normalized spacial score (nSPS) is 21.3. The Balaban J connectivity index is 1.83. The Hall–Kier alpha value is -2.29. The van der Waals surface area contributed by atoms with Crippen LogP contribution in [0.3, 0.4) is 0 Å². The number of hydrogen-bond donors (Lipinski definition) is 1. The zero-order valence-corrected chi connectivity index (χ0v) is 12.4. The van der Waals surface area contributed by atoms with Gasteiger partial charge in [0.15, 0.2) is 0 Å². The molecule has 23 heavy (non-hydrogen) atoms. The third kappa shape index (κ3) is 3.39. The average molecular weight is 314 g/mol. The van der Waals surface area contributed by atoms with Crippen molar-refractivity contribution in [1.82, 2.24) is 4.90 Å². The number of rotatable bonds is 3. The van der Waals surface area contributed by atoms with Crippen molar-refractivity contribution in [2.75, 3.05) is 6.54 Å². The number of likely N-dealkylation sites (tertiary alicyclic amines) is 1. The molecular weight excluding hydrogens is 298 g/mol. The lowest BCUT2D eigenvalue weighted by atomic mass is 10.0. The van der Waals surface area contributed by atoms with Gasteiger partial charge in [-0.3, -0.25) is 4.90 Å². The first-order valence-corrected chi connectivity index (χ1v) is 7.43. The lowest BCUT2D eigenvalue weighted by Gasteiger charge is -2.24. The maximum absolute atomic E-state index is 13.4. The molecule has 1 heterocycles. The fourth-order valence-corrected chi connectivity index (χ4v) is 3.08. The van der Waals surface area contributed by atoms with Crippen molar-refractivity contribution in [2.24, 2.45) is 0 Å². The molecule has 1 saturated heterocycles. The number of nitriles is 1. The van der Waals surface area contributed by atoms with Crippen LogP contribution in [0.25, 0.3) is 0 Å². The molecule has 118 valence electrons. The van der Waals surface area contributed by atoms with Crippen LogP contribution in [-0.4, -0.2) is 22.7 Å². The number of β-amino-alcohol motifs (C(OH)–C–C–N with tert-alkyl or cyclic N) is 1. The second-order valence-electron chi connectivity index (χ2n) is 5.81. The number of hydrogen-bond acceptors (Lipinski definition) is 3. The number of aliphatic hydroxyl groups is 1. The first-order chi connectivity index (χ1) is 11.1. The molecule has 0 spiro atoms. The molecule has 1 aliphatic heterocycles. The van der Waals surface area contributed by atoms with E-state index in [2.05, 4.69) is 4.90 Å². The summed E-state index contributed by atoms with van der Waals surface area (Å²) < 4.78 is 26.5. The molecule has 3 nitrogen and oxygen atoms in total. The van der Waals surface area contributed by atoms with Gasteiger partial charge < -0.3 is 5.11 Å². The van der Waals surface area contributed by atoms with Crippen LogP contribution in [0.4, 0.5) is 8.78 Å². The largest absolute Gasteiger partial charge is 0.392 e. The van der Waals surface area contributed by atoms with E-state index in [9.17, 15) is 13.9 Å². The molecule has 0 unspecified atom stereocenters. The quantitative estimate of drug-likeness (QED) is 0.947. The molecule has 0 aromatic heterocycles. The third-order valence-corrected chi connectivity index (χ3v) is 4.17. The van der Waals surface area contributed by atoms with Crippen LogP contribution in [0.5, 0.6) is 0 Å². The molecule has 0 amide bonds. The number of benzene rings is 2. The maximum Gasteiger partial charge on any atom is 0.140 e. The molecule has 0 saturated carbocycles. The standard InChI is InChI=1S/C18H16F2N2O/c19-15-4-2-13(3-5-15)18-8-16(23)11-22(18)10-12-1-6-17(20)14(7-12)9-21/h1-7,16,18,23H,8,10-11H2/t16-,18-/m0/s1. The van der Waals surface area contributed by atoms with Crippen molar-refractivity contribution < 1.29 is 13.9 Å². The second-order valence-corrected chi connectivity index (χ2v) is 5.81. The van der Waals surface area contributed by atoms with Crippen LogP contribution in [0.15, 0.2) is 42.5 Å². The van der Waals surface area contributed by atoms with Crippen molar-refractivity contribution in [1.29, 1.82) is 5.26 Å². The summed E-state index contributed by atoms with van der Waals surface area (Å²) in [6.45, 7) is 0.982. The first kappa shape index (κ1) is 15.6. The van der Waals surface area contributed by atoms with E-state index in [1.807, 2.05) is 6.07 Å². The van der Waals surface area contributed by atoms with E-state index in [1.54, 1.807) is 18.2 Å². The molecule has 1 aliphatic rings. The summed E-state index contributed by atoms with van der Waals surface area (Å²) in [6.07, 6.45) is 0.110. The highest BCUT2D eigenvalue weighted by Crippen LogP contribution is 2.33. The maximum atomic E-state index is 13.4. The lowest BCUT2D eigenvalue weighted by molar-refractivity contribution is 0.172. The molecule has 5 heteroatoms. The highest BCUT2D eigenvalue weighted by Gasteiger charge is 2.32. The van der Waals surface area contributed by atoms with E-state index >= 15 is 0 Å². The van der Waals surface area contributed by atoms with E-state index in [1.165, 1.54) is 24.3 Å². The van der Waals surface area contributed by atoms with Crippen LogP contribution in [-0.2, 0) is 6.54 Å². The van der Waals surface area contributed by atoms with Gasteiger partial charge in [-0.1, -0.05) is 18.2 Å². The first-order valence-electron chi connectivity index (χ1n) is 7.43. The minimum Gasteiger partial charge on any atom is -0.392 e. The minimum atomic E-state index is -0.534. The third-order valence-electron chi connectivity index (χ3n) is 4.17. The Morgan fingerprint density at radius 2 is 1.91 bits per heavy atom. The fraction of sp³-hybridized carbons (Fsp3) is 0.278. The van der Waals surface area contributed by atoms with E-state index in [-0.39, 0.29) is 17.4 Å². The Morgan fingerprint density at radius 1 is 1.17 bits per heavy atom. The highest BCUT2D eigenvalue weighted by atomic mass is 19.1. The molecule has 3 rings (SSSR count). The van der Waals surface area contributed by atoms with Gasteiger partial charge in [-0.15, -0.1) is 0 Å². The monoisotopic (exact) mass is 314 g/mol. The lowest BCUT2D eigenvalue weighted by Crippen LogP contribution is -2.24. The van der Waals surface area contributed by atoms with Gasteiger partial charge in [0.1, 0.15) is 17.7 Å². The second kappa shape index (κ2) is 6.45. The van der Waals surface area contributed by atoms with Gasteiger partial charge >= 0.3 is 0 Å². The van der Waals surface area contributed by atoms with E-state index in [0.29, 0.717) is 19.5 Å². The number of halogens is 2. The van der Waals surface area contributed by atoms with Crippen LogP contribution < -0.4 is 0 Å². The van der Waals surface area contributed by atoms with E-state index in [4.69, 9.17) is 5.26 Å². The summed E-state index contributed by atoms with van der Waals surface area (Å²) >= 11 is 0. The van der Waals surface area contributed by atoms with Gasteiger partial charge in [-0.25, -0.2) is 8.78 Å². The summed E-state index contributed by atoms with van der Waals surface area (Å²) in [6, 6.07) is 12.5. The van der Waals surface area contributed by atoms with Crippen LogP contribution >= 0.6 is 0 Å². The number of aliphatic hydroxyl groups excluding tert-OH is 1. The predicted molar refractivity (Wildman–Crippen MR) is 81.3 cm³/mol. The fourth-order valence-electron chi connectivity index (χ4n) is 3.08. The molecule has 0 radical (unpaired) electrons. The van der Waals surface area contributed by atoms with Crippen molar-refractivity contribution in [3.63, 3.8) is 0 Å². The topological polar surface area (TPSA) is 47.3 Å². The summed E-state index contributed by atoms with van der Waals surface area (Å²) in [5.74, 6) is -0.830. The van der Waals surface area contributed by atoms with Crippen molar-refractivity contribution >= 4 is 0 Å². The molecule has 0 aliphatic carbocycles. The minimum absolute atomic E-state index is 0.0144. The zero-order valence-electron chi connectivity index (χ0n) is 12.4. The Morgan fingerprint density at radius 3 is 2.61 bits per heavy atom. The molecule has 0 bridgehead atoms. The summed E-state index contributed by atoms with van der Waals surface area (Å²) in [7, 11) is 0. The van der Waals surface area contributed by atoms with Gasteiger partial charge in [0.2, 0.25) is 0 Å². The Labute approximate surface area is 133 Å². The SMILES string of the molecule is N#Cc1cc(CN2C[C@@H](O)C[C@H]2c2ccc(F)cc2)ccc1F. The zero-order chi connectivity index (χ0) is 16.4. The molecule has 1 fully saturated rings. The highest BCUT2D eigenvalue weighted by molar-refractivity contribution is 5.34. The van der Waals surface area contributed by atoms with Crippen LogP contribution in [0.2, 0.25) is 0 Å². The summed E-state index contributed by atoms with van der Waals surface area (Å²) in [5.41, 5.74) is 1.76. The van der Waals surface area contributed by atoms with E-state index < -0.39 is 11.9 Å². The summed E-state index contributed by atoms with van der Waals surface area (Å²) in [5, 5.41) is 18.9. The van der Waals surface area contributed by atoms with Gasteiger partial charge in [-0.2, -0.15) is 5.26 Å². The van der Waals surface area contributed by atoms with Crippen molar-refractivity contribution in [2.45, 2.75) is 25.1 Å². The van der Waals surface area contributed by atoms with Crippen LogP contribution in [0, 0.1) is 23.0 Å². The average Bonchev–Trinajstić information content (AvgIpc) is 2.90. The van der Waals surface area contributed by atoms with Gasteiger partial charge in [0.25, 0.3) is 0 Å². The Bertz CT molecular complexity index is 740. The smallest absolute Gasteiger partial charge is 0.140 e. The summed E-state index contributed by atoms with van der Waals surface area (Å²) in [4.78, 5) is 2.06.